The first-order valence-electron chi connectivity index (χ1n) is 3.66. The summed E-state index contributed by atoms with van der Waals surface area (Å²) in [5.41, 5.74) is 7.13. The van der Waals surface area contributed by atoms with Crippen LogP contribution in [0.1, 0.15) is 20.8 Å². The lowest BCUT2D eigenvalue weighted by molar-refractivity contribution is 0.494. The average Bonchev–Trinajstić information content (AvgIpc) is 1.91. The molecule has 0 saturated carbocycles. The summed E-state index contributed by atoms with van der Waals surface area (Å²) in [5.74, 6) is 0. The summed E-state index contributed by atoms with van der Waals surface area (Å²) in [7, 11) is 2.03. The molecule has 1 aliphatic heterocycles. The Morgan fingerprint density at radius 2 is 2.10 bits per heavy atom. The van der Waals surface area contributed by atoms with E-state index in [2.05, 4.69) is 23.3 Å². The summed E-state index contributed by atoms with van der Waals surface area (Å²) in [6, 6.07) is 0. The Morgan fingerprint density at radius 3 is 2.40 bits per heavy atom. The molecule has 0 fully saturated rings. The molecule has 56 valence electrons. The molecule has 0 saturated heterocycles. The lowest BCUT2D eigenvalue weighted by Crippen LogP contribution is -2.13. The normalized spacial score (nSPS) is 14.0. The van der Waals surface area contributed by atoms with Gasteiger partial charge >= 0.3 is 0 Å². The molecule has 0 aliphatic carbocycles. The molecule has 0 amide bonds. The highest BCUT2D eigenvalue weighted by atomic mass is 15.1. The zero-order valence-corrected chi connectivity index (χ0v) is 7.23. The van der Waals surface area contributed by atoms with Gasteiger partial charge in [0, 0.05) is 13.6 Å². The van der Waals surface area contributed by atoms with Crippen molar-refractivity contribution >= 4 is 0 Å². The predicted molar refractivity (Wildman–Crippen MR) is 44.8 cm³/mol. The van der Waals surface area contributed by atoms with Gasteiger partial charge in [0.05, 0.1) is 6.20 Å². The fraction of sp³-hybridized carbons (Fsp3) is 0.556. The highest BCUT2D eigenvalue weighted by Crippen LogP contribution is 1.96. The van der Waals surface area contributed by atoms with E-state index in [0.29, 0.717) is 0 Å². The molecule has 1 heteroatoms. The number of hydrogen-bond acceptors (Lipinski definition) is 1. The van der Waals surface area contributed by atoms with Gasteiger partial charge in [-0.25, -0.2) is 0 Å². The van der Waals surface area contributed by atoms with Crippen molar-refractivity contribution < 1.29 is 0 Å². The van der Waals surface area contributed by atoms with E-state index in [-0.39, 0.29) is 0 Å². The minimum atomic E-state index is 0.993. The minimum absolute atomic E-state index is 0.993. The van der Waals surface area contributed by atoms with Gasteiger partial charge in [0.25, 0.3) is 0 Å². The van der Waals surface area contributed by atoms with E-state index in [4.69, 9.17) is 0 Å². The molecule has 0 radical (unpaired) electrons. The van der Waals surface area contributed by atoms with Crippen LogP contribution in [0.4, 0.5) is 0 Å². The van der Waals surface area contributed by atoms with Crippen molar-refractivity contribution in [3.8, 4) is 0 Å². The smallest absolute Gasteiger partial charge is 0.0509 e. The van der Waals surface area contributed by atoms with Crippen molar-refractivity contribution in [2.75, 3.05) is 13.6 Å². The van der Waals surface area contributed by atoms with Gasteiger partial charge in [0.1, 0.15) is 0 Å². The third-order valence-corrected chi connectivity index (χ3v) is 1.06. The summed E-state index contributed by atoms with van der Waals surface area (Å²) >= 11 is 0. The van der Waals surface area contributed by atoms with E-state index in [9.17, 15) is 0 Å². The molecule has 0 N–H and O–H groups in total. The standard InChI is InChI=1S/C7H9N.C2H6/c1-7-4-3-5-8(2)6-7;1-2/h5H,6H2,1-2H3;1-2H3. The summed E-state index contributed by atoms with van der Waals surface area (Å²) in [6.07, 6.45) is 1.90. The van der Waals surface area contributed by atoms with Crippen LogP contribution in [0.5, 0.6) is 0 Å². The molecule has 0 spiro atoms. The van der Waals surface area contributed by atoms with Gasteiger partial charge in [-0.15, -0.1) is 0 Å². The van der Waals surface area contributed by atoms with E-state index in [1.165, 1.54) is 5.57 Å². The van der Waals surface area contributed by atoms with E-state index in [1.54, 1.807) is 0 Å². The number of nitrogens with zero attached hydrogens (tertiary/aromatic N) is 1. The molecule has 0 unspecified atom stereocenters. The van der Waals surface area contributed by atoms with Crippen molar-refractivity contribution in [3.63, 3.8) is 0 Å². The molecular formula is C9H15N. The molecule has 0 bridgehead atoms. The van der Waals surface area contributed by atoms with E-state index < -0.39 is 0 Å². The Labute approximate surface area is 63.3 Å². The Morgan fingerprint density at radius 1 is 1.50 bits per heavy atom. The van der Waals surface area contributed by atoms with Gasteiger partial charge in [-0.3, -0.25) is 0 Å². The Kier molecular flexibility index (Phi) is 4.49. The lowest BCUT2D eigenvalue weighted by Gasteiger charge is -2.12. The summed E-state index contributed by atoms with van der Waals surface area (Å²) in [6.45, 7) is 7.05. The second kappa shape index (κ2) is 4.93. The minimum Gasteiger partial charge on any atom is -0.369 e. The van der Waals surface area contributed by atoms with Crippen molar-refractivity contribution in [3.05, 3.63) is 23.2 Å². The van der Waals surface area contributed by atoms with Crippen LogP contribution < -0.4 is 0 Å². The second-order valence-corrected chi connectivity index (χ2v) is 2.09. The Bertz CT molecular complexity index is 179. The molecule has 1 rings (SSSR count). The third kappa shape index (κ3) is 3.19. The van der Waals surface area contributed by atoms with Crippen LogP contribution in [0.25, 0.3) is 0 Å². The lowest BCUT2D eigenvalue weighted by atomic mass is 10.3. The quantitative estimate of drug-likeness (QED) is 0.462. The Hall–Kier alpha value is -0.900. The first-order valence-corrected chi connectivity index (χ1v) is 3.66. The van der Waals surface area contributed by atoms with Crippen molar-refractivity contribution in [2.24, 2.45) is 0 Å². The maximum atomic E-state index is 2.98. The summed E-state index contributed by atoms with van der Waals surface area (Å²) in [5, 5.41) is 0. The zero-order valence-electron chi connectivity index (χ0n) is 7.23. The number of hydrogen-bond donors (Lipinski definition) is 0. The van der Waals surface area contributed by atoms with Crippen molar-refractivity contribution in [1.29, 1.82) is 0 Å². The second-order valence-electron chi connectivity index (χ2n) is 2.09. The molecule has 0 atom stereocenters. The first-order chi connectivity index (χ1) is 4.79. The van der Waals surface area contributed by atoms with Gasteiger partial charge in [-0.2, -0.15) is 0 Å². The molecule has 10 heavy (non-hydrogen) atoms. The number of rotatable bonds is 0. The Balaban J connectivity index is 0.000000371. The first kappa shape index (κ1) is 9.10. The molecule has 1 aliphatic rings. The maximum absolute atomic E-state index is 2.98. The molecule has 0 aromatic heterocycles. The monoisotopic (exact) mass is 137 g/mol. The number of likely N-dealkylation sites (N-methyl/N-ethyl adjacent to an activating group) is 1. The molecule has 0 aromatic carbocycles. The van der Waals surface area contributed by atoms with E-state index in [0.717, 1.165) is 6.54 Å². The highest BCUT2D eigenvalue weighted by molar-refractivity contribution is 5.05. The van der Waals surface area contributed by atoms with Crippen LogP contribution in [0, 0.1) is 0 Å². The van der Waals surface area contributed by atoms with Crippen LogP contribution in [-0.4, -0.2) is 18.5 Å². The van der Waals surface area contributed by atoms with Gasteiger partial charge < -0.3 is 4.90 Å². The van der Waals surface area contributed by atoms with Crippen LogP contribution in [-0.2, 0) is 0 Å². The largest absolute Gasteiger partial charge is 0.369 e. The van der Waals surface area contributed by atoms with Crippen LogP contribution in [0.3, 0.4) is 0 Å². The summed E-state index contributed by atoms with van der Waals surface area (Å²) in [4.78, 5) is 2.08. The fourth-order valence-electron chi connectivity index (χ4n) is 0.725. The average molecular weight is 137 g/mol. The molecular weight excluding hydrogens is 122 g/mol. The van der Waals surface area contributed by atoms with E-state index >= 15 is 0 Å². The molecule has 0 aromatic rings. The predicted octanol–water partition coefficient (Wildman–Crippen LogP) is 2.17. The van der Waals surface area contributed by atoms with Gasteiger partial charge in [-0.05, 0) is 12.5 Å². The maximum Gasteiger partial charge on any atom is 0.0509 e. The SMILES string of the molecule is CC.CC1=C=C=CN(C)C1. The molecule has 1 nitrogen and oxygen atoms in total. The highest BCUT2D eigenvalue weighted by Gasteiger charge is 1.93. The van der Waals surface area contributed by atoms with Crippen LogP contribution in [0.2, 0.25) is 0 Å². The van der Waals surface area contributed by atoms with Crippen LogP contribution >= 0.6 is 0 Å². The van der Waals surface area contributed by atoms with Gasteiger partial charge in [-0.1, -0.05) is 25.3 Å². The van der Waals surface area contributed by atoms with Crippen molar-refractivity contribution in [1.82, 2.24) is 4.90 Å². The van der Waals surface area contributed by atoms with Gasteiger partial charge in [0.2, 0.25) is 0 Å². The topological polar surface area (TPSA) is 3.24 Å². The fourth-order valence-corrected chi connectivity index (χ4v) is 0.725. The van der Waals surface area contributed by atoms with Crippen LogP contribution in [0.15, 0.2) is 23.2 Å². The van der Waals surface area contributed by atoms with E-state index in [1.807, 2.05) is 27.1 Å². The summed E-state index contributed by atoms with van der Waals surface area (Å²) < 4.78 is 0. The third-order valence-electron chi connectivity index (χ3n) is 1.06. The molecule has 1 heterocycles. The van der Waals surface area contributed by atoms with Crippen molar-refractivity contribution in [2.45, 2.75) is 20.8 Å². The van der Waals surface area contributed by atoms with Gasteiger partial charge in [0.15, 0.2) is 0 Å². The zero-order chi connectivity index (χ0) is 7.98.